The Morgan fingerprint density at radius 3 is 2.18 bits per heavy atom. The molecule has 1 unspecified atom stereocenters. The van der Waals surface area contributed by atoms with Crippen molar-refractivity contribution < 1.29 is 19.4 Å². The van der Waals surface area contributed by atoms with Crippen molar-refractivity contribution in [3.63, 3.8) is 0 Å². The minimum absolute atomic E-state index is 0.324. The maximum atomic E-state index is 12.4. The predicted octanol–water partition coefficient (Wildman–Crippen LogP) is 5.04. The molecule has 0 radical (unpaired) electrons. The van der Waals surface area contributed by atoms with Crippen LogP contribution in [0.3, 0.4) is 0 Å². The number of amides is 1. The molecule has 22 heavy (non-hydrogen) atoms. The quantitative estimate of drug-likeness (QED) is 0.688. The van der Waals surface area contributed by atoms with Gasteiger partial charge in [-0.05, 0) is 72.5 Å². The Bertz CT molecular complexity index is 546. The van der Waals surface area contributed by atoms with Gasteiger partial charge >= 0.3 is 12.1 Å². The van der Waals surface area contributed by atoms with Crippen molar-refractivity contribution in [2.24, 2.45) is 0 Å². The molecule has 0 aliphatic carbocycles. The molecule has 8 heteroatoms. The van der Waals surface area contributed by atoms with Crippen LogP contribution in [0.4, 0.5) is 4.79 Å². The summed E-state index contributed by atoms with van der Waals surface area (Å²) in [5.41, 5.74) is -0.691. The van der Waals surface area contributed by atoms with E-state index < -0.39 is 23.7 Å². The molecule has 1 rings (SSSR count). The van der Waals surface area contributed by atoms with Crippen LogP contribution in [0, 0.1) is 0 Å². The summed E-state index contributed by atoms with van der Waals surface area (Å²) in [4.78, 5) is 26.0. The SMILES string of the molecule is CC(C)N(C(=O)OC(C)(C)C)C(C(=O)O)c1cc(Br)c(Br)s1. The van der Waals surface area contributed by atoms with E-state index in [1.807, 2.05) is 0 Å². The first kappa shape index (κ1) is 19.4. The van der Waals surface area contributed by atoms with E-state index in [0.29, 0.717) is 4.88 Å². The summed E-state index contributed by atoms with van der Waals surface area (Å²) in [7, 11) is 0. The van der Waals surface area contributed by atoms with Gasteiger partial charge in [0.2, 0.25) is 0 Å². The number of hydrogen-bond donors (Lipinski definition) is 1. The van der Waals surface area contributed by atoms with E-state index in [9.17, 15) is 14.7 Å². The average molecular weight is 457 g/mol. The average Bonchev–Trinajstić information content (AvgIpc) is 2.62. The summed E-state index contributed by atoms with van der Waals surface area (Å²) < 4.78 is 6.89. The summed E-state index contributed by atoms with van der Waals surface area (Å²) in [6.07, 6.45) is -0.643. The largest absolute Gasteiger partial charge is 0.479 e. The Labute approximate surface area is 150 Å². The highest BCUT2D eigenvalue weighted by Crippen LogP contribution is 2.38. The second kappa shape index (κ2) is 7.31. The number of hydrogen-bond acceptors (Lipinski definition) is 4. The fraction of sp³-hybridized carbons (Fsp3) is 0.571. The number of thiophene rings is 1. The highest BCUT2D eigenvalue weighted by Gasteiger charge is 2.37. The van der Waals surface area contributed by atoms with E-state index in [1.54, 1.807) is 40.7 Å². The molecule has 124 valence electrons. The van der Waals surface area contributed by atoms with Gasteiger partial charge in [-0.15, -0.1) is 11.3 Å². The van der Waals surface area contributed by atoms with Crippen molar-refractivity contribution in [3.05, 3.63) is 19.2 Å². The number of carboxylic acids is 1. The highest BCUT2D eigenvalue weighted by atomic mass is 79.9. The second-order valence-corrected chi connectivity index (χ2v) is 9.25. The van der Waals surface area contributed by atoms with Crippen LogP contribution in [0.25, 0.3) is 0 Å². The Balaban J connectivity index is 3.24. The smallest absolute Gasteiger partial charge is 0.411 e. The van der Waals surface area contributed by atoms with Crippen LogP contribution >= 0.6 is 43.2 Å². The molecule has 0 bridgehead atoms. The molecule has 0 aliphatic rings. The first-order valence-electron chi connectivity index (χ1n) is 6.63. The summed E-state index contributed by atoms with van der Waals surface area (Å²) in [6.45, 7) is 8.77. The fourth-order valence-corrected chi connectivity index (χ4v) is 3.99. The first-order chi connectivity index (χ1) is 9.94. The zero-order chi connectivity index (χ0) is 17.2. The van der Waals surface area contributed by atoms with E-state index in [4.69, 9.17) is 4.74 Å². The molecular formula is C14H19Br2NO4S. The van der Waals surface area contributed by atoms with Crippen molar-refractivity contribution >= 4 is 55.3 Å². The van der Waals surface area contributed by atoms with Crippen LogP contribution in [0.5, 0.6) is 0 Å². The van der Waals surface area contributed by atoms with Crippen LogP contribution in [-0.4, -0.2) is 33.7 Å². The molecule has 0 aromatic carbocycles. The molecule has 0 fully saturated rings. The summed E-state index contributed by atoms with van der Waals surface area (Å²) in [5, 5.41) is 9.62. The van der Waals surface area contributed by atoms with Crippen molar-refractivity contribution in [1.82, 2.24) is 4.90 Å². The van der Waals surface area contributed by atoms with Crippen molar-refractivity contribution in [1.29, 1.82) is 0 Å². The van der Waals surface area contributed by atoms with Gasteiger partial charge in [-0.3, -0.25) is 4.90 Å². The van der Waals surface area contributed by atoms with E-state index in [1.165, 1.54) is 16.2 Å². The van der Waals surface area contributed by atoms with Gasteiger partial charge in [-0.25, -0.2) is 9.59 Å². The molecule has 0 saturated heterocycles. The first-order valence-corrected chi connectivity index (χ1v) is 9.03. The lowest BCUT2D eigenvalue weighted by molar-refractivity contribution is -0.144. The number of halogens is 2. The van der Waals surface area contributed by atoms with Crippen LogP contribution in [-0.2, 0) is 9.53 Å². The zero-order valence-corrected chi connectivity index (χ0v) is 17.0. The van der Waals surface area contributed by atoms with Gasteiger partial charge in [0, 0.05) is 15.4 Å². The molecule has 1 amide bonds. The minimum atomic E-state index is -1.10. The highest BCUT2D eigenvalue weighted by molar-refractivity contribution is 9.13. The topological polar surface area (TPSA) is 66.8 Å². The fourth-order valence-electron chi connectivity index (χ4n) is 1.80. The third-order valence-corrected chi connectivity index (χ3v) is 5.92. The van der Waals surface area contributed by atoms with Crippen LogP contribution < -0.4 is 0 Å². The summed E-state index contributed by atoms with van der Waals surface area (Å²) in [6, 6.07) is 0.283. The maximum Gasteiger partial charge on any atom is 0.411 e. The van der Waals surface area contributed by atoms with Crippen LogP contribution in [0.1, 0.15) is 45.5 Å². The van der Waals surface area contributed by atoms with Gasteiger partial charge in [-0.2, -0.15) is 0 Å². The summed E-state index contributed by atoms with van der Waals surface area (Å²) >= 11 is 7.96. The minimum Gasteiger partial charge on any atom is -0.479 e. The predicted molar refractivity (Wildman–Crippen MR) is 93.3 cm³/mol. The second-order valence-electron chi connectivity index (χ2n) is 5.99. The molecule has 1 aromatic heterocycles. The lowest BCUT2D eigenvalue weighted by Crippen LogP contribution is -2.45. The Hall–Kier alpha value is -0.600. The standard InChI is InChI=1S/C14H19Br2NO4S/c1-7(2)17(13(20)21-14(3,4)5)10(12(18)19)9-6-8(15)11(16)22-9/h6-7,10H,1-5H3,(H,18,19). The third-order valence-electron chi connectivity index (χ3n) is 2.61. The number of aliphatic carboxylic acids is 1. The Kier molecular flexibility index (Phi) is 6.46. The number of ether oxygens (including phenoxy) is 1. The third kappa shape index (κ3) is 4.96. The maximum absolute atomic E-state index is 12.4. The molecule has 0 saturated carbocycles. The van der Waals surface area contributed by atoms with Crippen molar-refractivity contribution in [2.45, 2.75) is 52.3 Å². The van der Waals surface area contributed by atoms with Gasteiger partial charge in [0.1, 0.15) is 5.60 Å². The number of carbonyl (C=O) groups is 2. The van der Waals surface area contributed by atoms with E-state index >= 15 is 0 Å². The number of nitrogens with zero attached hydrogens (tertiary/aromatic N) is 1. The molecule has 1 atom stereocenters. The van der Waals surface area contributed by atoms with Crippen LogP contribution in [0.15, 0.2) is 14.3 Å². The van der Waals surface area contributed by atoms with Gasteiger partial charge in [0.15, 0.2) is 6.04 Å². The monoisotopic (exact) mass is 455 g/mol. The normalized spacial score (nSPS) is 13.1. The summed E-state index contributed by atoms with van der Waals surface area (Å²) in [5.74, 6) is -1.10. The van der Waals surface area contributed by atoms with Crippen LogP contribution in [0.2, 0.25) is 0 Å². The van der Waals surface area contributed by atoms with Crippen molar-refractivity contribution in [3.8, 4) is 0 Å². The molecule has 0 spiro atoms. The number of rotatable bonds is 4. The number of carbonyl (C=O) groups excluding carboxylic acids is 1. The molecule has 1 N–H and O–H groups in total. The Morgan fingerprint density at radius 1 is 1.32 bits per heavy atom. The van der Waals surface area contributed by atoms with Gasteiger partial charge in [0.05, 0.1) is 3.79 Å². The molecule has 0 aliphatic heterocycles. The van der Waals surface area contributed by atoms with E-state index in [2.05, 4.69) is 31.9 Å². The van der Waals surface area contributed by atoms with E-state index in [0.717, 1.165) is 8.26 Å². The number of carboxylic acid groups (broad SMARTS) is 1. The van der Waals surface area contributed by atoms with Gasteiger partial charge in [0.25, 0.3) is 0 Å². The molecule has 1 aromatic rings. The van der Waals surface area contributed by atoms with Crippen molar-refractivity contribution in [2.75, 3.05) is 0 Å². The van der Waals surface area contributed by atoms with E-state index in [-0.39, 0.29) is 6.04 Å². The zero-order valence-electron chi connectivity index (χ0n) is 13.0. The van der Waals surface area contributed by atoms with Gasteiger partial charge < -0.3 is 9.84 Å². The lowest BCUT2D eigenvalue weighted by Gasteiger charge is -2.33. The molecule has 5 nitrogen and oxygen atoms in total. The van der Waals surface area contributed by atoms with Gasteiger partial charge in [-0.1, -0.05) is 0 Å². The lowest BCUT2D eigenvalue weighted by atomic mass is 10.1. The Morgan fingerprint density at radius 2 is 1.86 bits per heavy atom. The molecule has 1 heterocycles. The molecular weight excluding hydrogens is 438 g/mol.